The van der Waals surface area contributed by atoms with Gasteiger partial charge in [0.25, 0.3) is 5.91 Å². The number of thiazole rings is 1. The van der Waals surface area contributed by atoms with Gasteiger partial charge in [-0.3, -0.25) is 4.79 Å². The number of hydrogen-bond acceptors (Lipinski definition) is 6. The normalized spacial score (nSPS) is 15.7. The first kappa shape index (κ1) is 24.8. The highest BCUT2D eigenvalue weighted by Crippen LogP contribution is 2.33. The van der Waals surface area contributed by atoms with E-state index >= 15 is 0 Å². The molecule has 0 radical (unpaired) electrons. The molecule has 2 heterocycles. The van der Waals surface area contributed by atoms with Gasteiger partial charge in [0.05, 0.1) is 17.8 Å². The van der Waals surface area contributed by atoms with Crippen LogP contribution in [0.4, 0.5) is 5.69 Å². The summed E-state index contributed by atoms with van der Waals surface area (Å²) < 4.78 is 5.39. The Bertz CT molecular complexity index is 1080. The number of methoxy groups -OCH3 is 1. The van der Waals surface area contributed by atoms with Crippen LogP contribution < -0.4 is 10.1 Å². The van der Waals surface area contributed by atoms with E-state index in [9.17, 15) is 4.79 Å². The summed E-state index contributed by atoms with van der Waals surface area (Å²) in [4.78, 5) is 20.4. The van der Waals surface area contributed by atoms with Crippen molar-refractivity contribution in [1.82, 2.24) is 9.88 Å². The molecular weight excluding hydrogens is 462 g/mol. The van der Waals surface area contributed by atoms with E-state index in [1.165, 1.54) is 13.0 Å². The Morgan fingerprint density at radius 2 is 2.00 bits per heavy atom. The molecule has 2 aromatic carbocycles. The lowest BCUT2D eigenvalue weighted by Gasteiger charge is -2.31. The van der Waals surface area contributed by atoms with Gasteiger partial charge in [0, 0.05) is 28.2 Å². The van der Waals surface area contributed by atoms with Crippen LogP contribution in [0, 0.1) is 0 Å². The number of nitrogens with one attached hydrogen (secondary N) is 1. The summed E-state index contributed by atoms with van der Waals surface area (Å²) in [5.74, 6) is 0.960. The Morgan fingerprint density at radius 1 is 1.24 bits per heavy atom. The first-order chi connectivity index (χ1) is 16.6. The van der Waals surface area contributed by atoms with Crippen LogP contribution >= 0.6 is 23.1 Å². The van der Waals surface area contributed by atoms with Crippen molar-refractivity contribution < 1.29 is 9.53 Å². The van der Waals surface area contributed by atoms with E-state index < -0.39 is 0 Å². The number of anilines is 1. The maximum atomic E-state index is 13.1. The van der Waals surface area contributed by atoms with E-state index in [2.05, 4.69) is 23.4 Å². The molecule has 1 aliphatic rings. The Kier molecular flexibility index (Phi) is 8.64. The van der Waals surface area contributed by atoms with Crippen molar-refractivity contribution in [2.45, 2.75) is 37.4 Å². The number of thioether (sulfide) groups is 1. The summed E-state index contributed by atoms with van der Waals surface area (Å²) >= 11 is 3.55. The highest BCUT2D eigenvalue weighted by molar-refractivity contribution is 7.99. The quantitative estimate of drug-likeness (QED) is 0.373. The minimum absolute atomic E-state index is 0.184. The molecule has 3 aromatic rings. The number of benzene rings is 2. The third-order valence-electron chi connectivity index (χ3n) is 6.51. The summed E-state index contributed by atoms with van der Waals surface area (Å²) in [5, 5.41) is 6.75. The first-order valence-corrected chi connectivity index (χ1v) is 14.0. The van der Waals surface area contributed by atoms with Crippen molar-refractivity contribution in [2.75, 3.05) is 38.3 Å². The van der Waals surface area contributed by atoms with E-state index in [4.69, 9.17) is 9.72 Å². The van der Waals surface area contributed by atoms with Gasteiger partial charge in [-0.2, -0.15) is 11.8 Å². The van der Waals surface area contributed by atoms with Crippen LogP contribution in [0.25, 0.3) is 11.1 Å². The van der Waals surface area contributed by atoms with Gasteiger partial charge < -0.3 is 15.0 Å². The van der Waals surface area contributed by atoms with Crippen LogP contribution in [0.1, 0.15) is 47.6 Å². The zero-order valence-electron chi connectivity index (χ0n) is 20.1. The van der Waals surface area contributed by atoms with E-state index in [-0.39, 0.29) is 5.91 Å². The molecule has 180 valence electrons. The number of ether oxygens (including phenoxy) is 1. The number of hydrogen-bond donors (Lipinski definition) is 1. The van der Waals surface area contributed by atoms with Gasteiger partial charge >= 0.3 is 0 Å². The van der Waals surface area contributed by atoms with Crippen molar-refractivity contribution >= 4 is 34.7 Å². The summed E-state index contributed by atoms with van der Waals surface area (Å²) in [6.45, 7) is 5.69. The third kappa shape index (κ3) is 6.20. The predicted molar refractivity (Wildman–Crippen MR) is 145 cm³/mol. The lowest BCUT2D eigenvalue weighted by molar-refractivity contribution is 0.102. The van der Waals surface area contributed by atoms with Gasteiger partial charge in [-0.25, -0.2) is 4.98 Å². The molecule has 1 amide bonds. The minimum Gasteiger partial charge on any atom is -0.497 e. The van der Waals surface area contributed by atoms with Crippen LogP contribution in [0.2, 0.25) is 0 Å². The number of rotatable bonds is 9. The second-order valence-corrected chi connectivity index (χ2v) is 10.9. The van der Waals surface area contributed by atoms with E-state index in [1.807, 2.05) is 65.7 Å². The summed E-state index contributed by atoms with van der Waals surface area (Å²) in [6.07, 6.45) is 5.64. The van der Waals surface area contributed by atoms with Crippen LogP contribution in [-0.2, 0) is 0 Å². The average Bonchev–Trinajstić information content (AvgIpc) is 3.38. The fourth-order valence-corrected chi connectivity index (χ4v) is 5.59. The van der Waals surface area contributed by atoms with Crippen molar-refractivity contribution in [3.8, 4) is 16.9 Å². The summed E-state index contributed by atoms with van der Waals surface area (Å²) in [5.41, 5.74) is 3.20. The molecule has 0 spiro atoms. The van der Waals surface area contributed by atoms with Crippen LogP contribution in [0.5, 0.6) is 5.75 Å². The van der Waals surface area contributed by atoms with E-state index in [1.54, 1.807) is 18.4 Å². The largest absolute Gasteiger partial charge is 0.497 e. The molecule has 1 saturated heterocycles. The van der Waals surface area contributed by atoms with Crippen molar-refractivity contribution in [1.29, 1.82) is 0 Å². The van der Waals surface area contributed by atoms with Gasteiger partial charge in [-0.1, -0.05) is 37.3 Å². The van der Waals surface area contributed by atoms with Gasteiger partial charge in [0.2, 0.25) is 0 Å². The average molecular weight is 496 g/mol. The fourth-order valence-electron chi connectivity index (χ4n) is 4.27. The maximum absolute atomic E-state index is 13.1. The second-order valence-electron chi connectivity index (χ2n) is 8.75. The molecule has 1 N–H and O–H groups in total. The SMILES string of the molecule is COc1ccc(-c2ccccc2)c(NC(=O)c2csc(C3CCN(CCC(C)SC)CC3)n2)c1. The highest BCUT2D eigenvalue weighted by atomic mass is 32.2. The summed E-state index contributed by atoms with van der Waals surface area (Å²) in [7, 11) is 1.63. The molecule has 4 rings (SSSR count). The second kappa shape index (κ2) is 11.9. The number of likely N-dealkylation sites (tertiary alicyclic amines) is 1. The van der Waals surface area contributed by atoms with Crippen LogP contribution in [0.3, 0.4) is 0 Å². The molecule has 7 heteroatoms. The molecule has 5 nitrogen and oxygen atoms in total. The van der Waals surface area contributed by atoms with Gasteiger partial charge in [-0.15, -0.1) is 11.3 Å². The highest BCUT2D eigenvalue weighted by Gasteiger charge is 2.24. The monoisotopic (exact) mass is 495 g/mol. The van der Waals surface area contributed by atoms with Crippen molar-refractivity contribution in [3.63, 3.8) is 0 Å². The first-order valence-electron chi connectivity index (χ1n) is 11.8. The molecular formula is C27H33N3O2S2. The molecule has 0 saturated carbocycles. The number of amides is 1. The zero-order valence-corrected chi connectivity index (χ0v) is 21.8. The van der Waals surface area contributed by atoms with Crippen LogP contribution in [-0.4, -0.2) is 54.0 Å². The molecule has 1 atom stereocenters. The molecule has 1 unspecified atom stereocenters. The van der Waals surface area contributed by atoms with E-state index in [0.717, 1.165) is 47.8 Å². The molecule has 34 heavy (non-hydrogen) atoms. The van der Waals surface area contributed by atoms with Gasteiger partial charge in [0.15, 0.2) is 0 Å². The molecule has 0 bridgehead atoms. The molecule has 1 aromatic heterocycles. The minimum atomic E-state index is -0.184. The van der Waals surface area contributed by atoms with E-state index in [0.29, 0.717) is 22.6 Å². The topological polar surface area (TPSA) is 54.5 Å². The maximum Gasteiger partial charge on any atom is 0.275 e. The number of aromatic nitrogens is 1. The standard InChI is InChI=1S/C27H33N3O2S2/c1-19(33-3)11-14-30-15-12-21(13-16-30)27-29-25(18-34-27)26(31)28-24-17-22(32-2)9-10-23(24)20-7-5-4-6-8-20/h4-10,17-19,21H,11-16H2,1-3H3,(H,28,31). The Morgan fingerprint density at radius 3 is 2.71 bits per heavy atom. The van der Waals surface area contributed by atoms with Crippen molar-refractivity contribution in [3.05, 3.63) is 64.6 Å². The Hall–Kier alpha value is -2.35. The van der Waals surface area contributed by atoms with Gasteiger partial charge in [-0.05, 0) is 62.8 Å². The van der Waals surface area contributed by atoms with Crippen LogP contribution in [0.15, 0.2) is 53.9 Å². The number of carbonyl (C=O) groups is 1. The zero-order chi connectivity index (χ0) is 23.9. The summed E-state index contributed by atoms with van der Waals surface area (Å²) in [6, 6.07) is 15.8. The lowest BCUT2D eigenvalue weighted by Crippen LogP contribution is -2.34. The lowest BCUT2D eigenvalue weighted by atomic mass is 9.97. The predicted octanol–water partition coefficient (Wildman–Crippen LogP) is 6.39. The number of piperidine rings is 1. The van der Waals surface area contributed by atoms with Crippen molar-refractivity contribution in [2.24, 2.45) is 0 Å². The third-order valence-corrected chi connectivity index (χ3v) is 8.55. The Labute approximate surface area is 210 Å². The number of nitrogens with zero attached hydrogens (tertiary/aromatic N) is 2. The van der Waals surface area contributed by atoms with Gasteiger partial charge in [0.1, 0.15) is 11.4 Å². The smallest absolute Gasteiger partial charge is 0.275 e. The molecule has 1 fully saturated rings. The Balaban J connectivity index is 1.41. The number of carbonyl (C=O) groups excluding carboxylic acids is 1. The molecule has 1 aliphatic heterocycles. The fraction of sp³-hybridized carbons (Fsp3) is 0.407. The molecule has 0 aliphatic carbocycles.